The van der Waals surface area contributed by atoms with Gasteiger partial charge >= 0.3 is 0 Å². The summed E-state index contributed by atoms with van der Waals surface area (Å²) in [5, 5.41) is 19.8. The van der Waals surface area contributed by atoms with Crippen molar-refractivity contribution < 1.29 is 4.74 Å². The number of nitrogens with zero attached hydrogens (tertiary/aromatic N) is 4. The molecule has 7 heteroatoms. The minimum absolute atomic E-state index is 0.245. The SMILES string of the molecule is COc1ccc2c(Cc3c(Cl)cncc3Cl)nnc(C#N)c2c1. The van der Waals surface area contributed by atoms with E-state index in [4.69, 9.17) is 27.9 Å². The fraction of sp³-hybridized carbons (Fsp3) is 0.125. The fourth-order valence-corrected chi connectivity index (χ4v) is 2.80. The third kappa shape index (κ3) is 2.91. The van der Waals surface area contributed by atoms with Gasteiger partial charge in [-0.25, -0.2) is 0 Å². The number of pyridine rings is 1. The van der Waals surface area contributed by atoms with Crippen LogP contribution in [0.2, 0.25) is 10.0 Å². The van der Waals surface area contributed by atoms with Crippen LogP contribution < -0.4 is 4.74 Å². The van der Waals surface area contributed by atoms with Crippen LogP contribution in [0.4, 0.5) is 0 Å². The van der Waals surface area contributed by atoms with E-state index in [2.05, 4.69) is 15.2 Å². The zero-order valence-electron chi connectivity index (χ0n) is 12.0. The van der Waals surface area contributed by atoms with E-state index in [0.717, 1.165) is 10.9 Å². The number of nitriles is 1. The lowest BCUT2D eigenvalue weighted by Crippen LogP contribution is -2.01. The van der Waals surface area contributed by atoms with Gasteiger partial charge in [0.2, 0.25) is 0 Å². The van der Waals surface area contributed by atoms with Crippen molar-refractivity contribution in [1.29, 1.82) is 5.26 Å². The lowest BCUT2D eigenvalue weighted by Gasteiger charge is -2.09. The first-order valence-corrected chi connectivity index (χ1v) is 7.41. The van der Waals surface area contributed by atoms with Gasteiger partial charge in [0.1, 0.15) is 11.8 Å². The Labute approximate surface area is 142 Å². The second-order valence-corrected chi connectivity index (χ2v) is 5.59. The van der Waals surface area contributed by atoms with Gasteiger partial charge in [0, 0.05) is 29.6 Å². The summed E-state index contributed by atoms with van der Waals surface area (Å²) in [5.74, 6) is 0.646. The zero-order chi connectivity index (χ0) is 16.4. The van der Waals surface area contributed by atoms with Crippen LogP contribution in [0.5, 0.6) is 5.75 Å². The van der Waals surface area contributed by atoms with Crippen molar-refractivity contribution in [2.45, 2.75) is 6.42 Å². The third-order valence-corrected chi connectivity index (χ3v) is 4.12. The molecule has 0 radical (unpaired) electrons. The summed E-state index contributed by atoms with van der Waals surface area (Å²) in [7, 11) is 1.57. The monoisotopic (exact) mass is 344 g/mol. The number of ether oxygens (including phenoxy) is 1. The van der Waals surface area contributed by atoms with Crippen LogP contribution in [0, 0.1) is 11.3 Å². The molecule has 0 aliphatic rings. The number of hydrogen-bond acceptors (Lipinski definition) is 5. The summed E-state index contributed by atoms with van der Waals surface area (Å²) < 4.78 is 5.21. The Morgan fingerprint density at radius 1 is 1.13 bits per heavy atom. The van der Waals surface area contributed by atoms with Crippen molar-refractivity contribution in [1.82, 2.24) is 15.2 Å². The maximum atomic E-state index is 9.22. The van der Waals surface area contributed by atoms with Gasteiger partial charge in [-0.1, -0.05) is 23.2 Å². The molecular weight excluding hydrogens is 335 g/mol. The molecule has 3 rings (SSSR count). The van der Waals surface area contributed by atoms with Crippen molar-refractivity contribution >= 4 is 34.0 Å². The van der Waals surface area contributed by atoms with Crippen LogP contribution in [-0.4, -0.2) is 22.3 Å². The predicted octanol–water partition coefficient (Wildman–Crippen LogP) is 3.80. The molecule has 0 saturated heterocycles. The maximum Gasteiger partial charge on any atom is 0.171 e. The van der Waals surface area contributed by atoms with Gasteiger partial charge in [0.15, 0.2) is 5.69 Å². The van der Waals surface area contributed by atoms with E-state index in [1.807, 2.05) is 18.2 Å². The topological polar surface area (TPSA) is 71.7 Å². The van der Waals surface area contributed by atoms with Gasteiger partial charge in [0.25, 0.3) is 0 Å². The predicted molar refractivity (Wildman–Crippen MR) is 87.9 cm³/mol. The number of methoxy groups -OCH3 is 1. The second kappa shape index (κ2) is 6.37. The molecule has 0 bridgehead atoms. The molecule has 0 aliphatic carbocycles. The number of aromatic nitrogens is 3. The summed E-state index contributed by atoms with van der Waals surface area (Å²) >= 11 is 12.3. The highest BCUT2D eigenvalue weighted by atomic mass is 35.5. The fourth-order valence-electron chi connectivity index (χ4n) is 2.30. The normalized spacial score (nSPS) is 10.5. The molecule has 0 amide bonds. The van der Waals surface area contributed by atoms with E-state index in [1.165, 1.54) is 12.4 Å². The van der Waals surface area contributed by atoms with Crippen LogP contribution in [-0.2, 0) is 6.42 Å². The quantitative estimate of drug-likeness (QED) is 0.722. The highest BCUT2D eigenvalue weighted by molar-refractivity contribution is 6.35. The molecule has 0 saturated carbocycles. The Bertz CT molecular complexity index is 917. The van der Waals surface area contributed by atoms with E-state index < -0.39 is 0 Å². The highest BCUT2D eigenvalue weighted by Crippen LogP contribution is 2.29. The Morgan fingerprint density at radius 2 is 1.87 bits per heavy atom. The number of rotatable bonds is 3. The van der Waals surface area contributed by atoms with Gasteiger partial charge in [-0.05, 0) is 23.8 Å². The van der Waals surface area contributed by atoms with Gasteiger partial charge in [0.05, 0.1) is 22.8 Å². The van der Waals surface area contributed by atoms with E-state index >= 15 is 0 Å². The van der Waals surface area contributed by atoms with Crippen LogP contribution >= 0.6 is 23.2 Å². The third-order valence-electron chi connectivity index (χ3n) is 3.47. The van der Waals surface area contributed by atoms with E-state index in [-0.39, 0.29) is 5.69 Å². The van der Waals surface area contributed by atoms with Gasteiger partial charge < -0.3 is 4.74 Å². The first-order valence-electron chi connectivity index (χ1n) is 6.65. The van der Waals surface area contributed by atoms with Crippen molar-refractivity contribution in [2.24, 2.45) is 0 Å². The lowest BCUT2D eigenvalue weighted by atomic mass is 10.0. The number of fused-ring (bicyclic) bond motifs is 1. The number of halogens is 2. The van der Waals surface area contributed by atoms with E-state index in [9.17, 15) is 5.26 Å². The largest absolute Gasteiger partial charge is 0.497 e. The Hall–Kier alpha value is -2.42. The summed E-state index contributed by atoms with van der Waals surface area (Å²) in [5.41, 5.74) is 1.64. The molecule has 0 aliphatic heterocycles. The number of benzene rings is 1. The second-order valence-electron chi connectivity index (χ2n) is 4.78. The Morgan fingerprint density at radius 3 is 2.52 bits per heavy atom. The summed E-state index contributed by atoms with van der Waals surface area (Å²) in [4.78, 5) is 3.94. The van der Waals surface area contributed by atoms with Gasteiger partial charge in [-0.2, -0.15) is 10.4 Å². The summed E-state index contributed by atoms with van der Waals surface area (Å²) in [6, 6.07) is 7.47. The van der Waals surface area contributed by atoms with Crippen LogP contribution in [0.15, 0.2) is 30.6 Å². The molecule has 2 aromatic heterocycles. The smallest absolute Gasteiger partial charge is 0.171 e. The molecule has 2 heterocycles. The average molecular weight is 345 g/mol. The molecule has 0 N–H and O–H groups in total. The zero-order valence-corrected chi connectivity index (χ0v) is 13.6. The minimum Gasteiger partial charge on any atom is -0.497 e. The Balaban J connectivity index is 2.17. The van der Waals surface area contributed by atoms with Crippen molar-refractivity contribution in [3.05, 3.63) is 57.6 Å². The molecule has 0 unspecified atom stereocenters. The van der Waals surface area contributed by atoms with Gasteiger partial charge in [-0.15, -0.1) is 5.10 Å². The van der Waals surface area contributed by atoms with Crippen molar-refractivity contribution in [3.63, 3.8) is 0 Å². The molecule has 114 valence electrons. The molecule has 3 aromatic rings. The lowest BCUT2D eigenvalue weighted by molar-refractivity contribution is 0.415. The number of hydrogen-bond donors (Lipinski definition) is 0. The highest BCUT2D eigenvalue weighted by Gasteiger charge is 2.14. The maximum absolute atomic E-state index is 9.22. The molecule has 5 nitrogen and oxygen atoms in total. The minimum atomic E-state index is 0.245. The van der Waals surface area contributed by atoms with Gasteiger partial charge in [-0.3, -0.25) is 4.98 Å². The first-order chi connectivity index (χ1) is 11.1. The standard InChI is InChI=1S/C16H10Cl2N4O/c1-23-9-2-3-10-11(4-9)16(6-19)22-21-15(10)5-12-13(17)7-20-8-14(12)18/h2-4,7-8H,5H2,1H3. The first kappa shape index (κ1) is 15.5. The molecular formula is C16H10Cl2N4O. The Kier molecular flexibility index (Phi) is 4.28. The average Bonchev–Trinajstić information content (AvgIpc) is 2.57. The molecule has 0 atom stereocenters. The van der Waals surface area contributed by atoms with Crippen molar-refractivity contribution in [3.8, 4) is 11.8 Å². The van der Waals surface area contributed by atoms with Crippen LogP contribution in [0.25, 0.3) is 10.8 Å². The summed E-state index contributed by atoms with van der Waals surface area (Å²) in [6.45, 7) is 0. The molecule has 0 spiro atoms. The molecule has 0 fully saturated rings. The van der Waals surface area contributed by atoms with Crippen LogP contribution in [0.1, 0.15) is 17.0 Å². The van der Waals surface area contributed by atoms with Crippen LogP contribution in [0.3, 0.4) is 0 Å². The van der Waals surface area contributed by atoms with E-state index in [1.54, 1.807) is 13.2 Å². The van der Waals surface area contributed by atoms with Crippen molar-refractivity contribution in [2.75, 3.05) is 7.11 Å². The summed E-state index contributed by atoms with van der Waals surface area (Å²) in [6.07, 6.45) is 3.46. The molecule has 1 aromatic carbocycles. The molecule has 23 heavy (non-hydrogen) atoms. The van der Waals surface area contributed by atoms with E-state index in [0.29, 0.717) is 33.3 Å².